The summed E-state index contributed by atoms with van der Waals surface area (Å²) in [4.78, 5) is 34.4. The van der Waals surface area contributed by atoms with Gasteiger partial charge in [-0.3, -0.25) is 23.8 Å². The van der Waals surface area contributed by atoms with Gasteiger partial charge in [0.05, 0.1) is 29.6 Å². The second-order valence-electron chi connectivity index (χ2n) is 19.8. The molecular formula is C66H65N6NaO18S3. The van der Waals surface area contributed by atoms with E-state index in [9.17, 15) is 61.9 Å². The van der Waals surface area contributed by atoms with E-state index in [0.717, 1.165) is 84.8 Å². The number of benzene rings is 11. The summed E-state index contributed by atoms with van der Waals surface area (Å²) in [5.41, 5.74) is 9.79. The first-order chi connectivity index (χ1) is 43.9. The quantitative estimate of drug-likeness (QED) is 0.0119. The summed E-state index contributed by atoms with van der Waals surface area (Å²) >= 11 is 0. The molecule has 0 aromatic heterocycles. The average Bonchev–Trinajstić information content (AvgIpc) is 0.851. The van der Waals surface area contributed by atoms with E-state index in [1.165, 1.54) is 19.1 Å². The molecule has 11 aromatic carbocycles. The number of carboxylic acid groups (broad SMARTS) is 1. The summed E-state index contributed by atoms with van der Waals surface area (Å²) < 4.78 is 78.8. The summed E-state index contributed by atoms with van der Waals surface area (Å²) in [7, 11) is -4.10. The molecule has 28 heteroatoms. The summed E-state index contributed by atoms with van der Waals surface area (Å²) in [5, 5.41) is 79.9. The van der Waals surface area contributed by atoms with Gasteiger partial charge in [-0.1, -0.05) is 102 Å². The van der Waals surface area contributed by atoms with Crippen molar-refractivity contribution < 1.29 is 114 Å². The maximum absolute atomic E-state index is 11.2. The van der Waals surface area contributed by atoms with Gasteiger partial charge >= 0.3 is 52.1 Å². The Labute approximate surface area is 564 Å². The average molecular weight is 1350 g/mol. The van der Waals surface area contributed by atoms with E-state index in [0.29, 0.717) is 33.6 Å². The van der Waals surface area contributed by atoms with Gasteiger partial charge in [0.15, 0.2) is 11.5 Å². The molecular weight excluding hydrogens is 1280 g/mol. The largest absolute Gasteiger partial charge is 1.00 e. The number of hydrogen-bond acceptors (Lipinski definition) is 20. The summed E-state index contributed by atoms with van der Waals surface area (Å²) in [6, 6.07) is 58.6. The van der Waals surface area contributed by atoms with Gasteiger partial charge in [0.1, 0.15) is 29.4 Å². The van der Waals surface area contributed by atoms with Crippen LogP contribution in [0.25, 0.3) is 53.9 Å². The number of aliphatic carboxylic acids is 1. The molecule has 0 fully saturated rings. The number of carbonyl (C=O) groups excluding carboxylic acids is 2. The summed E-state index contributed by atoms with van der Waals surface area (Å²) in [6.45, 7) is 1.46. The first-order valence-corrected chi connectivity index (χ1v) is 32.0. The van der Waals surface area contributed by atoms with Crippen LogP contribution >= 0.6 is 0 Å². The number of amides is 1. The third-order valence-electron chi connectivity index (χ3n) is 12.6. The number of sulfonamides is 2. The van der Waals surface area contributed by atoms with Crippen LogP contribution in [-0.4, -0.2) is 117 Å². The van der Waals surface area contributed by atoms with Crippen LogP contribution in [0.3, 0.4) is 0 Å². The molecule has 0 bridgehead atoms. The van der Waals surface area contributed by atoms with Crippen LogP contribution in [-0.2, 0) is 45.0 Å². The second kappa shape index (κ2) is 35.3. The summed E-state index contributed by atoms with van der Waals surface area (Å²) in [5.74, 6) is -2.05. The molecule has 0 heterocycles. The molecule has 13 N–H and O–H groups in total. The van der Waals surface area contributed by atoms with Crippen LogP contribution in [0.5, 0.6) is 40.2 Å². The Bertz CT molecular complexity index is 4810. The van der Waals surface area contributed by atoms with Gasteiger partial charge in [-0.25, -0.2) is 16.8 Å². The van der Waals surface area contributed by atoms with E-state index in [1.54, 1.807) is 66.7 Å². The number of ether oxygens (including phenoxy) is 1. The standard InChI is InChI=1S/C12H11NO2.C12H12NO.C11H11NO3S.C11H11NO.C10H11NO7S.C10H9NO.Na.O3S/c1-8(14)13-11-6-7-12(15)10-5-3-2-4-9(10)11;1-13(2)11-7-8-12(14)10-6-4-3-5-9(10)11;1-16(14,15)12-10-6-7-11(13)9-5-3-2-4-8(9)10;1-12-10-6-7-11(13)9-5-3-2-4-8(9)10;1-19(16,17)11-6-2-3-7(12)8(4-6)18-10(15)5-9(13)14;11-9-5-6-10(12)8-4-2-1-3-7(8)9;;1-4(2)3/h2-7,15H,1H3,(H,13,14);4-8,14H,1-2H3;2-7,12-13H,1H3;2-7,12-13H,1H3;2-4,11-12H,5H2,1H3,(H,13,14);1-6,12H,11H2;;/q;-1;;;;;+1;. The van der Waals surface area contributed by atoms with Crippen LogP contribution in [0.1, 0.15) is 13.3 Å². The van der Waals surface area contributed by atoms with Crippen molar-refractivity contribution in [2.45, 2.75) is 13.3 Å². The van der Waals surface area contributed by atoms with Crippen molar-refractivity contribution in [1.29, 1.82) is 0 Å². The zero-order valence-electron chi connectivity index (χ0n) is 51.6. The number of hydrogen-bond donors (Lipinski definition) is 12. The molecule has 0 saturated heterocycles. The van der Waals surface area contributed by atoms with Gasteiger partial charge in [0.25, 0.3) is 0 Å². The minimum Gasteiger partial charge on any atom is -0.510 e. The monoisotopic (exact) mass is 1350 g/mol. The number of aromatic hydroxyl groups is 6. The number of anilines is 6. The van der Waals surface area contributed by atoms with Crippen LogP contribution in [0.15, 0.2) is 194 Å². The van der Waals surface area contributed by atoms with Crippen LogP contribution in [0.4, 0.5) is 34.1 Å². The zero-order valence-corrected chi connectivity index (χ0v) is 56.0. The molecule has 24 nitrogen and oxygen atoms in total. The smallest absolute Gasteiger partial charge is 0.510 e. The number of nitrogens with one attached hydrogen (secondary N) is 4. The number of carbonyl (C=O) groups is 3. The number of esters is 1. The van der Waals surface area contributed by atoms with Crippen molar-refractivity contribution in [3.63, 3.8) is 0 Å². The van der Waals surface area contributed by atoms with Gasteiger partial charge in [-0.05, 0) is 78.5 Å². The predicted molar refractivity (Wildman–Crippen MR) is 362 cm³/mol. The number of nitrogens with two attached hydrogens (primary N) is 1. The van der Waals surface area contributed by atoms with Gasteiger partial charge in [-0.2, -0.15) is 24.3 Å². The third kappa shape index (κ3) is 23.3. The van der Waals surface area contributed by atoms with Crippen molar-refractivity contribution >= 4 is 136 Å². The van der Waals surface area contributed by atoms with Crippen LogP contribution in [0, 0.1) is 6.07 Å². The molecule has 0 atom stereocenters. The molecule has 486 valence electrons. The normalized spacial score (nSPS) is 10.3. The van der Waals surface area contributed by atoms with Crippen molar-refractivity contribution in [3.05, 3.63) is 200 Å². The molecule has 0 radical (unpaired) electrons. The molecule has 0 saturated carbocycles. The van der Waals surface area contributed by atoms with Crippen molar-refractivity contribution in [1.82, 2.24) is 0 Å². The number of rotatable bonds is 10. The summed E-state index contributed by atoms with van der Waals surface area (Å²) in [6.07, 6.45) is 1.15. The fourth-order valence-corrected chi connectivity index (χ4v) is 9.84. The van der Waals surface area contributed by atoms with Gasteiger partial charge in [0, 0.05) is 94.3 Å². The Hall–Kier alpha value is -10.6. The minimum atomic E-state index is -3.52. The third-order valence-corrected chi connectivity index (χ3v) is 13.8. The molecule has 1 amide bonds. The Morgan fingerprint density at radius 2 is 0.904 bits per heavy atom. The fraction of sp³-hybridized carbons (Fsp3) is 0.106. The van der Waals surface area contributed by atoms with Gasteiger partial charge < -0.3 is 61.7 Å². The predicted octanol–water partition coefficient (Wildman–Crippen LogP) is 7.69. The Kier molecular flexibility index (Phi) is 28.5. The number of phenols is 6. The molecule has 94 heavy (non-hydrogen) atoms. The Morgan fingerprint density at radius 3 is 1.34 bits per heavy atom. The van der Waals surface area contributed by atoms with Crippen LogP contribution in [0.2, 0.25) is 0 Å². The van der Waals surface area contributed by atoms with E-state index >= 15 is 0 Å². The maximum Gasteiger partial charge on any atom is 1.00 e. The Balaban J connectivity index is 0.000000238. The number of nitrogen functional groups attached to an aromatic ring is 1. The van der Waals surface area contributed by atoms with E-state index < -0.39 is 54.8 Å². The van der Waals surface area contributed by atoms with E-state index in [-0.39, 0.29) is 64.1 Å². The molecule has 11 aromatic rings. The molecule has 0 aliphatic rings. The SMILES string of the molecule is CC(=O)Nc1ccc(O)c2ccccc12.CN(C)c1ccc(O)c2cc[c-]cc12.CNc1ccc(O)c2ccccc12.CS(=O)(=O)Nc1ccc(O)c(OC(=O)CC(=O)O)c1.CS(=O)(=O)Nc1ccc(O)c2ccccc12.Nc1ccc(O)c2ccccc12.O=S(=O)=O.[Na+]. The molecule has 0 unspecified atom stereocenters. The molecule has 0 spiro atoms. The molecule has 0 aliphatic carbocycles. The van der Waals surface area contributed by atoms with Gasteiger partial charge in [0.2, 0.25) is 26.0 Å². The van der Waals surface area contributed by atoms with Crippen molar-refractivity contribution in [2.75, 3.05) is 64.4 Å². The van der Waals surface area contributed by atoms with E-state index in [4.69, 9.17) is 23.5 Å². The van der Waals surface area contributed by atoms with Crippen LogP contribution < -0.4 is 65.0 Å². The number of phenolic OH excluding ortho intramolecular Hbond substituents is 6. The number of nitrogens with zero attached hydrogens (tertiary/aromatic N) is 1. The number of carboxylic acids is 1. The number of fused-ring (bicyclic) bond motifs is 5. The second-order valence-corrected chi connectivity index (χ2v) is 23.7. The molecule has 0 aliphatic heterocycles. The minimum absolute atomic E-state index is 0. The van der Waals surface area contributed by atoms with Crippen molar-refractivity contribution in [3.8, 4) is 40.2 Å². The first-order valence-electron chi connectivity index (χ1n) is 27.2. The zero-order chi connectivity index (χ0) is 68.7. The molecule has 11 rings (SSSR count). The first kappa shape index (κ1) is 75.9. The van der Waals surface area contributed by atoms with Crippen molar-refractivity contribution in [2.24, 2.45) is 0 Å². The topological polar surface area (TPSA) is 399 Å². The fourth-order valence-electron chi connectivity index (χ4n) is 8.71. The van der Waals surface area contributed by atoms with E-state index in [1.807, 2.05) is 129 Å². The Morgan fingerprint density at radius 1 is 0.521 bits per heavy atom. The van der Waals surface area contributed by atoms with Gasteiger partial charge in [-0.15, -0.1) is 18.0 Å². The van der Waals surface area contributed by atoms with E-state index in [2.05, 4.69) is 30.9 Å². The maximum atomic E-state index is 11.2.